The van der Waals surface area contributed by atoms with Crippen molar-refractivity contribution in [1.29, 1.82) is 0 Å². The molecule has 0 aromatic heterocycles. The Morgan fingerprint density at radius 1 is 0.815 bits per heavy atom. The first-order chi connectivity index (χ1) is 13.1. The van der Waals surface area contributed by atoms with Gasteiger partial charge in [-0.05, 0) is 61.4 Å². The first-order valence-corrected chi connectivity index (χ1v) is 9.45. The third-order valence-electron chi connectivity index (χ3n) is 4.16. The summed E-state index contributed by atoms with van der Waals surface area (Å²) >= 11 is 5.93. The number of ether oxygens (including phenoxy) is 2. The molecule has 3 aromatic carbocycles. The summed E-state index contributed by atoms with van der Waals surface area (Å²) in [6.07, 6.45) is 0. The van der Waals surface area contributed by atoms with Crippen molar-refractivity contribution < 1.29 is 9.47 Å². The Morgan fingerprint density at radius 2 is 1.52 bits per heavy atom. The van der Waals surface area contributed by atoms with Gasteiger partial charge < -0.3 is 14.8 Å². The van der Waals surface area contributed by atoms with E-state index in [1.807, 2.05) is 43.3 Å². The molecule has 0 aliphatic rings. The summed E-state index contributed by atoms with van der Waals surface area (Å²) in [5, 5.41) is 4.12. The highest BCUT2D eigenvalue weighted by atomic mass is 35.5. The first kappa shape index (κ1) is 19.1. The van der Waals surface area contributed by atoms with Crippen molar-refractivity contribution in [3.63, 3.8) is 0 Å². The van der Waals surface area contributed by atoms with Crippen molar-refractivity contribution in [3.05, 3.63) is 88.4 Å². The van der Waals surface area contributed by atoms with E-state index in [2.05, 4.69) is 42.6 Å². The minimum atomic E-state index is 0.517. The van der Waals surface area contributed by atoms with Crippen molar-refractivity contribution in [2.24, 2.45) is 0 Å². The number of benzene rings is 3. The van der Waals surface area contributed by atoms with E-state index in [1.54, 1.807) is 0 Å². The second-order valence-corrected chi connectivity index (χ2v) is 6.79. The Morgan fingerprint density at radius 3 is 2.22 bits per heavy atom. The Kier molecular flexibility index (Phi) is 6.61. The molecule has 0 aliphatic carbocycles. The van der Waals surface area contributed by atoms with E-state index in [4.69, 9.17) is 21.1 Å². The van der Waals surface area contributed by atoms with Crippen molar-refractivity contribution in [1.82, 2.24) is 0 Å². The minimum Gasteiger partial charge on any atom is -0.490 e. The van der Waals surface area contributed by atoms with Crippen LogP contribution in [0.5, 0.6) is 11.5 Å². The van der Waals surface area contributed by atoms with Crippen molar-refractivity contribution in [2.75, 3.05) is 11.9 Å². The van der Waals surface area contributed by atoms with Crippen LogP contribution >= 0.6 is 11.6 Å². The smallest absolute Gasteiger partial charge is 0.161 e. The minimum absolute atomic E-state index is 0.517. The quantitative estimate of drug-likeness (QED) is 0.501. The summed E-state index contributed by atoms with van der Waals surface area (Å²) in [6, 6.07) is 22.1. The van der Waals surface area contributed by atoms with Gasteiger partial charge in [-0.15, -0.1) is 0 Å². The first-order valence-electron chi connectivity index (χ1n) is 9.07. The molecule has 0 spiro atoms. The number of hydrogen-bond donors (Lipinski definition) is 1. The second-order valence-electron chi connectivity index (χ2n) is 6.35. The fraction of sp³-hybridized carbons (Fsp3) is 0.217. The van der Waals surface area contributed by atoms with Gasteiger partial charge in [0, 0.05) is 17.3 Å². The molecule has 0 radical (unpaired) electrons. The predicted octanol–water partition coefficient (Wildman–Crippen LogP) is 6.24. The molecule has 3 nitrogen and oxygen atoms in total. The average molecular weight is 382 g/mol. The Bertz CT molecular complexity index is 861. The van der Waals surface area contributed by atoms with E-state index >= 15 is 0 Å². The van der Waals surface area contributed by atoms with E-state index in [0.29, 0.717) is 19.8 Å². The van der Waals surface area contributed by atoms with Gasteiger partial charge in [-0.2, -0.15) is 0 Å². The Labute approximate surface area is 165 Å². The standard InChI is InChI=1S/C23H24ClNO2/c1-3-26-23-14-19(15-25-21-11-9-20(24)10-12-21)8-13-22(23)27-16-18-6-4-17(2)5-7-18/h4-14,25H,3,15-16H2,1-2H3. The Balaban J connectivity index is 1.66. The molecule has 0 aliphatic heterocycles. The largest absolute Gasteiger partial charge is 0.490 e. The van der Waals surface area contributed by atoms with Gasteiger partial charge in [0.1, 0.15) is 6.61 Å². The number of aryl methyl sites for hydroxylation is 1. The van der Waals surface area contributed by atoms with Crippen LogP contribution in [0.3, 0.4) is 0 Å². The number of hydrogen-bond acceptors (Lipinski definition) is 3. The third-order valence-corrected chi connectivity index (χ3v) is 4.42. The average Bonchev–Trinajstić information content (AvgIpc) is 2.68. The van der Waals surface area contributed by atoms with E-state index in [0.717, 1.165) is 33.3 Å². The van der Waals surface area contributed by atoms with Gasteiger partial charge in [-0.1, -0.05) is 47.5 Å². The molecule has 0 bridgehead atoms. The molecule has 3 rings (SSSR count). The van der Waals surface area contributed by atoms with E-state index < -0.39 is 0 Å². The van der Waals surface area contributed by atoms with Gasteiger partial charge in [0.2, 0.25) is 0 Å². The fourth-order valence-electron chi connectivity index (χ4n) is 2.67. The lowest BCUT2D eigenvalue weighted by atomic mass is 10.1. The topological polar surface area (TPSA) is 30.5 Å². The molecule has 1 N–H and O–H groups in total. The van der Waals surface area contributed by atoms with Gasteiger partial charge >= 0.3 is 0 Å². The molecular weight excluding hydrogens is 358 g/mol. The lowest BCUT2D eigenvalue weighted by molar-refractivity contribution is 0.269. The van der Waals surface area contributed by atoms with Crippen LogP contribution < -0.4 is 14.8 Å². The number of halogens is 1. The molecule has 0 fully saturated rings. The highest BCUT2D eigenvalue weighted by Crippen LogP contribution is 2.29. The molecule has 140 valence electrons. The molecule has 0 saturated heterocycles. The molecule has 4 heteroatoms. The molecule has 0 amide bonds. The van der Waals surface area contributed by atoms with Gasteiger partial charge in [-0.3, -0.25) is 0 Å². The number of nitrogens with one attached hydrogen (secondary N) is 1. The zero-order chi connectivity index (χ0) is 19.1. The highest BCUT2D eigenvalue weighted by molar-refractivity contribution is 6.30. The SMILES string of the molecule is CCOc1cc(CNc2ccc(Cl)cc2)ccc1OCc1ccc(C)cc1. The van der Waals surface area contributed by atoms with Crippen LogP contribution in [0.2, 0.25) is 5.02 Å². The summed E-state index contributed by atoms with van der Waals surface area (Å²) < 4.78 is 11.8. The summed E-state index contributed by atoms with van der Waals surface area (Å²) in [5.41, 5.74) is 4.52. The Hall–Kier alpha value is -2.65. The van der Waals surface area contributed by atoms with Crippen molar-refractivity contribution >= 4 is 17.3 Å². The lowest BCUT2D eigenvalue weighted by Crippen LogP contribution is -2.03. The van der Waals surface area contributed by atoms with Crippen LogP contribution in [-0.4, -0.2) is 6.61 Å². The summed E-state index contributed by atoms with van der Waals surface area (Å²) in [7, 11) is 0. The molecule has 27 heavy (non-hydrogen) atoms. The van der Waals surface area contributed by atoms with Crippen LogP contribution in [-0.2, 0) is 13.2 Å². The molecule has 0 unspecified atom stereocenters. The van der Waals surface area contributed by atoms with Crippen molar-refractivity contribution in [3.8, 4) is 11.5 Å². The highest BCUT2D eigenvalue weighted by Gasteiger charge is 2.07. The molecule has 3 aromatic rings. The molecular formula is C23H24ClNO2. The normalized spacial score (nSPS) is 10.5. The van der Waals surface area contributed by atoms with Crippen molar-refractivity contribution in [2.45, 2.75) is 27.0 Å². The lowest BCUT2D eigenvalue weighted by Gasteiger charge is -2.14. The van der Waals surface area contributed by atoms with Gasteiger partial charge in [-0.25, -0.2) is 0 Å². The second kappa shape index (κ2) is 9.33. The van der Waals surface area contributed by atoms with E-state index in [-0.39, 0.29) is 0 Å². The number of anilines is 1. The van der Waals surface area contributed by atoms with Gasteiger partial charge in [0.05, 0.1) is 6.61 Å². The van der Waals surface area contributed by atoms with Gasteiger partial charge in [0.15, 0.2) is 11.5 Å². The zero-order valence-electron chi connectivity index (χ0n) is 15.7. The maximum atomic E-state index is 5.99. The maximum absolute atomic E-state index is 5.99. The molecule has 0 heterocycles. The summed E-state index contributed by atoms with van der Waals surface area (Å²) in [5.74, 6) is 1.52. The van der Waals surface area contributed by atoms with E-state index in [9.17, 15) is 0 Å². The van der Waals surface area contributed by atoms with E-state index in [1.165, 1.54) is 5.56 Å². The summed E-state index contributed by atoms with van der Waals surface area (Å²) in [4.78, 5) is 0. The zero-order valence-corrected chi connectivity index (χ0v) is 16.4. The number of rotatable bonds is 8. The molecule has 0 atom stereocenters. The fourth-order valence-corrected chi connectivity index (χ4v) is 2.79. The van der Waals surface area contributed by atoms with Crippen LogP contribution in [0.15, 0.2) is 66.7 Å². The van der Waals surface area contributed by atoms with Crippen LogP contribution in [0.1, 0.15) is 23.6 Å². The van der Waals surface area contributed by atoms with Gasteiger partial charge in [0.25, 0.3) is 0 Å². The predicted molar refractivity (Wildman–Crippen MR) is 112 cm³/mol. The maximum Gasteiger partial charge on any atom is 0.161 e. The monoisotopic (exact) mass is 381 g/mol. The third kappa shape index (κ3) is 5.66. The van der Waals surface area contributed by atoms with Crippen LogP contribution in [0, 0.1) is 6.92 Å². The molecule has 0 saturated carbocycles. The van der Waals surface area contributed by atoms with Crippen LogP contribution in [0.4, 0.5) is 5.69 Å². The summed E-state index contributed by atoms with van der Waals surface area (Å²) in [6.45, 7) is 5.86. The van der Waals surface area contributed by atoms with Crippen LogP contribution in [0.25, 0.3) is 0 Å².